The maximum Gasteiger partial charge on any atom is 0.407 e. The number of carbonyl (C=O) groups excluding carboxylic acids is 4. The molecule has 4 amide bonds. The fourth-order valence-electron chi connectivity index (χ4n) is 8.52. The first-order chi connectivity index (χ1) is 26.8. The summed E-state index contributed by atoms with van der Waals surface area (Å²) in [6.45, 7) is 9.05. The Kier molecular flexibility index (Phi) is 10.6. The first kappa shape index (κ1) is 40.8. The van der Waals surface area contributed by atoms with E-state index in [0.29, 0.717) is 67.3 Å². The van der Waals surface area contributed by atoms with Gasteiger partial charge in [-0.1, -0.05) is 45.8 Å². The fraction of sp³-hybridized carbons (Fsp3) is 0.634. The lowest BCUT2D eigenvalue weighted by molar-refractivity contribution is -0.144. The van der Waals surface area contributed by atoms with Crippen LogP contribution in [0.3, 0.4) is 0 Å². The van der Waals surface area contributed by atoms with Crippen molar-refractivity contribution in [3.05, 3.63) is 47.2 Å². The van der Waals surface area contributed by atoms with Gasteiger partial charge < -0.3 is 25.0 Å². The molecule has 4 heterocycles. The summed E-state index contributed by atoms with van der Waals surface area (Å²) < 4.78 is 68.7. The van der Waals surface area contributed by atoms with Crippen LogP contribution in [-0.2, 0) is 35.6 Å². The summed E-state index contributed by atoms with van der Waals surface area (Å²) in [6, 6.07) is -0.100. The van der Waals surface area contributed by atoms with Crippen LogP contribution in [-0.4, -0.2) is 83.2 Å². The molecule has 3 fully saturated rings. The highest BCUT2D eigenvalue weighted by Gasteiger charge is 2.59. The minimum Gasteiger partial charge on any atom is -0.483 e. The number of aryl methyl sites for hydroxylation is 2. The molecule has 7 rings (SSSR count). The number of aromatic nitrogens is 1. The molecule has 310 valence electrons. The average Bonchev–Trinajstić information content (AvgIpc) is 3.80. The number of sulfonamides is 1. The van der Waals surface area contributed by atoms with Crippen LogP contribution in [0.1, 0.15) is 110 Å². The van der Waals surface area contributed by atoms with Crippen LogP contribution in [0.15, 0.2) is 24.3 Å². The van der Waals surface area contributed by atoms with E-state index in [1.165, 1.54) is 4.90 Å². The quantitative estimate of drug-likeness (QED) is 0.334. The van der Waals surface area contributed by atoms with Crippen molar-refractivity contribution in [3.8, 4) is 5.75 Å². The minimum absolute atomic E-state index is 0.00493. The van der Waals surface area contributed by atoms with Gasteiger partial charge in [-0.05, 0) is 83.1 Å². The van der Waals surface area contributed by atoms with Crippen molar-refractivity contribution >= 4 is 44.7 Å². The molecular weight excluding hydrogens is 761 g/mol. The first-order valence-electron chi connectivity index (χ1n) is 20.0. The number of allylic oxidation sites excluding steroid dienone is 1. The monoisotopic (exact) mass is 813 g/mol. The molecule has 1 saturated heterocycles. The van der Waals surface area contributed by atoms with Crippen LogP contribution in [0.5, 0.6) is 5.75 Å². The van der Waals surface area contributed by atoms with E-state index in [-0.39, 0.29) is 43.3 Å². The van der Waals surface area contributed by atoms with Gasteiger partial charge in [0.25, 0.3) is 5.91 Å². The zero-order valence-corrected chi connectivity index (χ0v) is 34.1. The highest BCUT2D eigenvalue weighted by atomic mass is 32.2. The summed E-state index contributed by atoms with van der Waals surface area (Å²) in [5.74, 6) is -4.19. The summed E-state index contributed by atoms with van der Waals surface area (Å²) in [5.41, 5.74) is -1.72. The molecule has 3 aliphatic heterocycles. The van der Waals surface area contributed by atoms with Crippen LogP contribution in [0.25, 0.3) is 10.9 Å². The topological polar surface area (TPSA) is 173 Å². The molecular formula is C41H53F2N5O8S. The fourth-order valence-corrected chi connectivity index (χ4v) is 9.84. The zero-order chi connectivity index (χ0) is 41.1. The van der Waals surface area contributed by atoms with E-state index in [4.69, 9.17) is 9.47 Å². The Morgan fingerprint density at radius 2 is 1.81 bits per heavy atom. The van der Waals surface area contributed by atoms with E-state index in [2.05, 4.69) is 20.3 Å². The number of pyridine rings is 1. The van der Waals surface area contributed by atoms with Gasteiger partial charge in [0.2, 0.25) is 21.8 Å². The second kappa shape index (κ2) is 14.8. The molecule has 2 saturated carbocycles. The Bertz CT molecular complexity index is 2140. The molecule has 2 aromatic rings. The van der Waals surface area contributed by atoms with Crippen molar-refractivity contribution in [2.45, 2.75) is 140 Å². The Balaban J connectivity index is 1.24. The molecule has 5 atom stereocenters. The van der Waals surface area contributed by atoms with Crippen LogP contribution in [0.2, 0.25) is 0 Å². The highest BCUT2D eigenvalue weighted by molar-refractivity contribution is 7.91. The standard InChI is InChI=1S/C41H53F2N5O8S/c1-24-33-26(27-19-28(42)29(43)20-31(27)44-24)14-15-40(56-33)21-32-34(49)46-41(36(51)47-57(53,54)39(5)17-18-39)16-13-25(41)11-9-7-6-8-10-12-30(35(50)48(32)22-40)45-37(52)55-23-38(2,3)4/h9,11,19-20,25,30,32H,6-8,10,12-18,21-23H2,1-5H3,(H,45,52)(H,46,49)(H,47,51)/b11-9-/t25-,30+,32+,40-,41-/m1/s1. The third-order valence-corrected chi connectivity index (χ3v) is 14.6. The largest absolute Gasteiger partial charge is 0.483 e. The van der Waals surface area contributed by atoms with Crippen molar-refractivity contribution in [2.75, 3.05) is 13.2 Å². The molecule has 16 heteroatoms. The number of alkyl carbamates (subject to hydrolysis) is 1. The van der Waals surface area contributed by atoms with Crippen LogP contribution >= 0.6 is 0 Å². The number of ether oxygens (including phenoxy) is 2. The Morgan fingerprint density at radius 3 is 2.49 bits per heavy atom. The molecule has 1 spiro atoms. The molecule has 3 N–H and O–H groups in total. The predicted molar refractivity (Wildman–Crippen MR) is 206 cm³/mol. The number of rotatable bonds is 5. The van der Waals surface area contributed by atoms with E-state index in [9.17, 15) is 36.4 Å². The second-order valence-electron chi connectivity index (χ2n) is 18.1. The van der Waals surface area contributed by atoms with Crippen LogP contribution in [0, 0.1) is 29.9 Å². The maximum atomic E-state index is 14.8. The lowest BCUT2D eigenvalue weighted by atomic mass is 9.65. The van der Waals surface area contributed by atoms with Gasteiger partial charge in [0.05, 0.1) is 29.1 Å². The molecule has 57 heavy (non-hydrogen) atoms. The molecule has 2 aliphatic carbocycles. The lowest BCUT2D eigenvalue weighted by Crippen LogP contribution is -2.70. The summed E-state index contributed by atoms with van der Waals surface area (Å²) in [4.78, 5) is 62.7. The molecule has 0 bridgehead atoms. The Morgan fingerprint density at radius 1 is 1.07 bits per heavy atom. The second-order valence-corrected chi connectivity index (χ2v) is 20.3. The summed E-state index contributed by atoms with van der Waals surface area (Å²) in [7, 11) is -4.04. The third kappa shape index (κ3) is 7.94. The summed E-state index contributed by atoms with van der Waals surface area (Å²) in [6.07, 6.45) is 8.26. The predicted octanol–water partition coefficient (Wildman–Crippen LogP) is 5.41. The van der Waals surface area contributed by atoms with Crippen molar-refractivity contribution in [3.63, 3.8) is 0 Å². The normalized spacial score (nSPS) is 29.3. The average molecular weight is 814 g/mol. The number of benzene rings is 1. The van der Waals surface area contributed by atoms with Gasteiger partial charge in [-0.15, -0.1) is 0 Å². The van der Waals surface area contributed by atoms with Gasteiger partial charge in [-0.25, -0.2) is 27.0 Å². The molecule has 0 unspecified atom stereocenters. The number of hydrogen-bond donors (Lipinski definition) is 3. The number of fused-ring (bicyclic) bond motifs is 5. The first-order valence-corrected chi connectivity index (χ1v) is 21.5. The smallest absolute Gasteiger partial charge is 0.407 e. The van der Waals surface area contributed by atoms with E-state index in [0.717, 1.165) is 25.0 Å². The highest BCUT2D eigenvalue weighted by Crippen LogP contribution is 2.47. The number of halogens is 2. The van der Waals surface area contributed by atoms with E-state index < -0.39 is 79.4 Å². The van der Waals surface area contributed by atoms with Crippen molar-refractivity contribution in [1.29, 1.82) is 0 Å². The molecule has 1 aromatic carbocycles. The lowest BCUT2D eigenvalue weighted by Gasteiger charge is -2.48. The van der Waals surface area contributed by atoms with Gasteiger partial charge in [-0.3, -0.25) is 19.1 Å². The number of amides is 4. The number of hydrogen-bond acceptors (Lipinski definition) is 9. The Hall–Kier alpha value is -4.34. The molecule has 13 nitrogen and oxygen atoms in total. The van der Waals surface area contributed by atoms with E-state index in [1.807, 2.05) is 32.9 Å². The minimum atomic E-state index is -4.04. The van der Waals surface area contributed by atoms with E-state index in [1.54, 1.807) is 13.8 Å². The zero-order valence-electron chi connectivity index (χ0n) is 33.3. The SMILES string of the molecule is Cc1nc2cc(F)c(F)cc2c2c1O[C@]1(CC2)C[C@H]2C(=O)N[C@]3(C(=O)NS(=O)(=O)C4(C)CC4)CC[C@H]3/C=C\CCCCC[C@H](NC(=O)OCC(C)(C)C)C(=O)N2C1. The van der Waals surface area contributed by atoms with Gasteiger partial charge in [0.15, 0.2) is 11.6 Å². The van der Waals surface area contributed by atoms with Crippen molar-refractivity contribution < 1.29 is 45.9 Å². The van der Waals surface area contributed by atoms with Crippen LogP contribution in [0.4, 0.5) is 13.6 Å². The van der Waals surface area contributed by atoms with Crippen LogP contribution < -0.4 is 20.1 Å². The number of carbonyl (C=O) groups is 4. The molecule has 1 aromatic heterocycles. The maximum absolute atomic E-state index is 14.8. The third-order valence-electron chi connectivity index (χ3n) is 12.4. The van der Waals surface area contributed by atoms with Crippen molar-refractivity contribution in [2.24, 2.45) is 11.3 Å². The molecule has 5 aliphatic rings. The Labute approximate surface area is 332 Å². The molecule has 0 radical (unpaired) electrons. The summed E-state index contributed by atoms with van der Waals surface area (Å²) in [5, 5.41) is 6.11. The van der Waals surface area contributed by atoms with Gasteiger partial charge in [0, 0.05) is 29.4 Å². The number of nitrogens with zero attached hydrogens (tertiary/aromatic N) is 2. The number of nitrogens with one attached hydrogen (secondary N) is 3. The van der Waals surface area contributed by atoms with Gasteiger partial charge in [-0.2, -0.15) is 0 Å². The summed E-state index contributed by atoms with van der Waals surface area (Å²) >= 11 is 0. The van der Waals surface area contributed by atoms with Gasteiger partial charge in [0.1, 0.15) is 29.0 Å². The van der Waals surface area contributed by atoms with E-state index >= 15 is 0 Å². The van der Waals surface area contributed by atoms with Crippen molar-refractivity contribution in [1.82, 2.24) is 25.2 Å². The van der Waals surface area contributed by atoms with Gasteiger partial charge >= 0.3 is 6.09 Å².